The first kappa shape index (κ1) is 14.3. The minimum Gasteiger partial charge on any atom is -0.398 e. The molecular weight excluding hydrogens is 260 g/mol. The Morgan fingerprint density at radius 2 is 2.00 bits per heavy atom. The Hall–Kier alpha value is -0.780. The molecule has 0 fully saturated rings. The molecule has 0 saturated carbocycles. The van der Waals surface area contributed by atoms with E-state index in [1.807, 2.05) is 20.8 Å². The molecular formula is C11H17ClN2O2S. The largest absolute Gasteiger partial charge is 0.398 e. The zero-order valence-corrected chi connectivity index (χ0v) is 11.7. The predicted octanol–water partition coefficient (Wildman–Crippen LogP) is 2.39. The second-order valence-corrected chi connectivity index (χ2v) is 6.61. The van der Waals surface area contributed by atoms with Crippen molar-refractivity contribution in [1.82, 2.24) is 4.72 Å². The second-order valence-electron chi connectivity index (χ2n) is 4.53. The molecule has 1 aromatic carbocycles. The number of benzene rings is 1. The van der Waals surface area contributed by atoms with Gasteiger partial charge < -0.3 is 5.73 Å². The fourth-order valence-electron chi connectivity index (χ4n) is 1.25. The molecule has 0 aromatic heterocycles. The Labute approximate surface area is 107 Å². The lowest BCUT2D eigenvalue weighted by atomic mass is 10.0. The number of nitrogens with two attached hydrogens (primary N) is 1. The third-order valence-corrected chi connectivity index (χ3v) is 4.56. The fourth-order valence-corrected chi connectivity index (χ4v) is 3.03. The molecule has 6 heteroatoms. The Balaban J connectivity index is 3.14. The van der Waals surface area contributed by atoms with Crippen LogP contribution >= 0.6 is 11.6 Å². The fraction of sp³-hybridized carbons (Fsp3) is 0.455. The van der Waals surface area contributed by atoms with Gasteiger partial charge in [-0.3, -0.25) is 0 Å². The van der Waals surface area contributed by atoms with Crippen LogP contribution in [0.3, 0.4) is 0 Å². The molecule has 0 amide bonds. The molecule has 1 aromatic rings. The third kappa shape index (κ3) is 3.59. The quantitative estimate of drug-likeness (QED) is 0.830. The van der Waals surface area contributed by atoms with Crippen LogP contribution in [0.25, 0.3) is 0 Å². The molecule has 4 nitrogen and oxygen atoms in total. The van der Waals surface area contributed by atoms with E-state index in [1.54, 1.807) is 0 Å². The smallest absolute Gasteiger partial charge is 0.243 e. The summed E-state index contributed by atoms with van der Waals surface area (Å²) in [6.45, 7) is 5.54. The van der Waals surface area contributed by atoms with Crippen LogP contribution in [0.4, 0.5) is 5.69 Å². The summed E-state index contributed by atoms with van der Waals surface area (Å²) in [6, 6.07) is 4.34. The van der Waals surface area contributed by atoms with Gasteiger partial charge in [0.15, 0.2) is 0 Å². The summed E-state index contributed by atoms with van der Waals surface area (Å²) in [5.41, 5.74) is 5.31. The highest BCUT2D eigenvalue weighted by Crippen LogP contribution is 2.24. The van der Waals surface area contributed by atoms with E-state index >= 15 is 0 Å². The number of nitrogens with one attached hydrogen (secondary N) is 1. The van der Waals surface area contributed by atoms with Gasteiger partial charge in [0.1, 0.15) is 4.90 Å². The molecule has 0 aliphatic rings. The Bertz CT molecular complexity index is 512. The van der Waals surface area contributed by atoms with Gasteiger partial charge in [-0.25, -0.2) is 13.1 Å². The predicted molar refractivity (Wildman–Crippen MR) is 70.6 cm³/mol. The highest BCUT2D eigenvalue weighted by molar-refractivity contribution is 7.89. The van der Waals surface area contributed by atoms with Crippen LogP contribution in [0.5, 0.6) is 0 Å². The minimum atomic E-state index is -3.61. The van der Waals surface area contributed by atoms with Crippen molar-refractivity contribution >= 4 is 27.3 Å². The third-order valence-electron chi connectivity index (χ3n) is 2.56. The summed E-state index contributed by atoms with van der Waals surface area (Å²) >= 11 is 5.73. The number of nitrogen functional groups attached to an aromatic ring is 1. The Morgan fingerprint density at radius 1 is 1.41 bits per heavy atom. The Kier molecular flexibility index (Phi) is 4.06. The maximum absolute atomic E-state index is 12.1. The SMILES string of the molecule is CCC(C)(C)NS(=O)(=O)c1ccc(Cl)cc1N. The molecule has 1 rings (SSSR count). The lowest BCUT2D eigenvalue weighted by Gasteiger charge is -2.24. The van der Waals surface area contributed by atoms with Crippen molar-refractivity contribution in [3.05, 3.63) is 23.2 Å². The van der Waals surface area contributed by atoms with Crippen molar-refractivity contribution < 1.29 is 8.42 Å². The molecule has 0 saturated heterocycles. The summed E-state index contributed by atoms with van der Waals surface area (Å²) in [4.78, 5) is 0.0587. The van der Waals surface area contributed by atoms with Gasteiger partial charge in [-0.05, 0) is 38.5 Å². The monoisotopic (exact) mass is 276 g/mol. The van der Waals surface area contributed by atoms with Gasteiger partial charge in [0.25, 0.3) is 0 Å². The molecule has 0 unspecified atom stereocenters. The number of halogens is 1. The molecule has 3 N–H and O–H groups in total. The number of anilines is 1. The van der Waals surface area contributed by atoms with E-state index in [1.165, 1.54) is 18.2 Å². The van der Waals surface area contributed by atoms with Gasteiger partial charge in [0.05, 0.1) is 5.69 Å². The van der Waals surface area contributed by atoms with E-state index in [0.29, 0.717) is 11.4 Å². The van der Waals surface area contributed by atoms with Crippen LogP contribution in [-0.2, 0) is 10.0 Å². The van der Waals surface area contributed by atoms with E-state index in [2.05, 4.69) is 4.72 Å². The molecule has 96 valence electrons. The average Bonchev–Trinajstić information content (AvgIpc) is 2.15. The number of hydrogen-bond acceptors (Lipinski definition) is 3. The van der Waals surface area contributed by atoms with Crippen LogP contribution in [0.1, 0.15) is 27.2 Å². The van der Waals surface area contributed by atoms with Crippen LogP contribution in [-0.4, -0.2) is 14.0 Å². The maximum atomic E-state index is 12.1. The van der Waals surface area contributed by atoms with E-state index in [4.69, 9.17) is 17.3 Å². The number of hydrogen-bond donors (Lipinski definition) is 2. The zero-order valence-electron chi connectivity index (χ0n) is 10.1. The van der Waals surface area contributed by atoms with Crippen LogP contribution in [0.15, 0.2) is 23.1 Å². The van der Waals surface area contributed by atoms with Crippen LogP contribution in [0, 0.1) is 0 Å². The summed E-state index contributed by atoms with van der Waals surface area (Å²) < 4.78 is 26.8. The van der Waals surface area contributed by atoms with Crippen molar-refractivity contribution in [2.24, 2.45) is 0 Å². The van der Waals surface area contributed by atoms with Crippen molar-refractivity contribution in [3.8, 4) is 0 Å². The van der Waals surface area contributed by atoms with Gasteiger partial charge in [-0.2, -0.15) is 0 Å². The first-order valence-electron chi connectivity index (χ1n) is 5.27. The van der Waals surface area contributed by atoms with E-state index < -0.39 is 15.6 Å². The first-order valence-corrected chi connectivity index (χ1v) is 7.13. The minimum absolute atomic E-state index is 0.0587. The Morgan fingerprint density at radius 3 is 2.47 bits per heavy atom. The molecule has 0 heterocycles. The summed E-state index contributed by atoms with van der Waals surface area (Å²) in [7, 11) is -3.61. The van der Waals surface area contributed by atoms with E-state index in [-0.39, 0.29) is 10.6 Å². The van der Waals surface area contributed by atoms with Gasteiger partial charge in [0.2, 0.25) is 10.0 Å². The molecule has 0 radical (unpaired) electrons. The van der Waals surface area contributed by atoms with Crippen molar-refractivity contribution in [2.75, 3.05) is 5.73 Å². The van der Waals surface area contributed by atoms with Gasteiger partial charge in [-0.1, -0.05) is 18.5 Å². The standard InChI is InChI=1S/C11H17ClN2O2S/c1-4-11(2,3)14-17(15,16)10-6-5-8(12)7-9(10)13/h5-7,14H,4,13H2,1-3H3. The van der Waals surface area contributed by atoms with Crippen LogP contribution in [0.2, 0.25) is 5.02 Å². The first-order chi connectivity index (χ1) is 7.68. The average molecular weight is 277 g/mol. The number of rotatable bonds is 4. The normalized spacial score (nSPS) is 12.7. The maximum Gasteiger partial charge on any atom is 0.243 e. The molecule has 0 spiro atoms. The highest BCUT2D eigenvalue weighted by Gasteiger charge is 2.26. The van der Waals surface area contributed by atoms with Crippen molar-refractivity contribution in [3.63, 3.8) is 0 Å². The topological polar surface area (TPSA) is 72.2 Å². The lowest BCUT2D eigenvalue weighted by Crippen LogP contribution is -2.42. The molecule has 0 atom stereocenters. The van der Waals surface area contributed by atoms with Crippen LogP contribution < -0.4 is 10.5 Å². The number of sulfonamides is 1. The molecule has 0 aliphatic heterocycles. The summed E-state index contributed by atoms with van der Waals surface area (Å²) in [6.07, 6.45) is 0.680. The van der Waals surface area contributed by atoms with Crippen molar-refractivity contribution in [2.45, 2.75) is 37.6 Å². The van der Waals surface area contributed by atoms with Gasteiger partial charge >= 0.3 is 0 Å². The summed E-state index contributed by atoms with van der Waals surface area (Å²) in [5.74, 6) is 0. The molecule has 0 aliphatic carbocycles. The second kappa shape index (κ2) is 4.84. The van der Waals surface area contributed by atoms with Gasteiger partial charge in [0, 0.05) is 10.6 Å². The lowest BCUT2D eigenvalue weighted by molar-refractivity contribution is 0.439. The highest BCUT2D eigenvalue weighted by atomic mass is 35.5. The molecule has 0 bridgehead atoms. The van der Waals surface area contributed by atoms with E-state index in [9.17, 15) is 8.42 Å². The van der Waals surface area contributed by atoms with Crippen molar-refractivity contribution in [1.29, 1.82) is 0 Å². The molecule has 17 heavy (non-hydrogen) atoms. The summed E-state index contributed by atoms with van der Waals surface area (Å²) in [5, 5.41) is 0.413. The van der Waals surface area contributed by atoms with Gasteiger partial charge in [-0.15, -0.1) is 0 Å². The zero-order chi connectivity index (χ0) is 13.3. The van der Waals surface area contributed by atoms with E-state index in [0.717, 1.165) is 0 Å².